The van der Waals surface area contributed by atoms with Gasteiger partial charge in [0.2, 0.25) is 0 Å². The van der Waals surface area contributed by atoms with Gasteiger partial charge < -0.3 is 9.63 Å². The topological polar surface area (TPSA) is 46.3 Å². The quantitative estimate of drug-likeness (QED) is 0.914. The maximum Gasteiger partial charge on any atom is 0.162 e. The molecule has 5 heteroatoms. The van der Waals surface area contributed by atoms with Crippen LogP contribution in [0.3, 0.4) is 0 Å². The summed E-state index contributed by atoms with van der Waals surface area (Å²) in [4.78, 5) is 0. The Kier molecular flexibility index (Phi) is 2.83. The fourth-order valence-electron chi connectivity index (χ4n) is 1.18. The lowest BCUT2D eigenvalue weighted by Gasteiger charge is -1.97. The second kappa shape index (κ2) is 4.12. The highest BCUT2D eigenvalue weighted by atomic mass is 79.9. The molecule has 0 amide bonds. The minimum atomic E-state index is -0.360. The molecule has 78 valence electrons. The maximum absolute atomic E-state index is 13.2. The summed E-state index contributed by atoms with van der Waals surface area (Å²) in [6, 6.07) is 6.23. The van der Waals surface area contributed by atoms with Crippen molar-refractivity contribution in [3.8, 4) is 11.3 Å². The third kappa shape index (κ3) is 2.08. The molecular formula is C10H7BrFNO2. The summed E-state index contributed by atoms with van der Waals surface area (Å²) in [5, 5.41) is 12.5. The van der Waals surface area contributed by atoms with Gasteiger partial charge in [0.05, 0.1) is 4.47 Å². The van der Waals surface area contributed by atoms with E-state index in [2.05, 4.69) is 21.1 Å². The Bertz CT molecular complexity index is 484. The summed E-state index contributed by atoms with van der Waals surface area (Å²) in [5.41, 5.74) is 1.12. The molecule has 0 saturated heterocycles. The molecule has 1 heterocycles. The molecule has 1 N–H and O–H groups in total. The van der Waals surface area contributed by atoms with E-state index in [0.29, 0.717) is 21.5 Å². The lowest BCUT2D eigenvalue weighted by Crippen LogP contribution is -1.81. The standard InChI is InChI=1S/C10H7BrFNO2/c11-8-2-1-6(3-9(8)12)10-4-7(5-14)15-13-10/h1-4,14H,5H2. The second-order valence-electron chi connectivity index (χ2n) is 2.97. The Morgan fingerprint density at radius 3 is 2.80 bits per heavy atom. The molecule has 0 atom stereocenters. The molecule has 0 fully saturated rings. The van der Waals surface area contributed by atoms with Gasteiger partial charge in [-0.25, -0.2) is 4.39 Å². The van der Waals surface area contributed by atoms with E-state index in [1.54, 1.807) is 18.2 Å². The predicted octanol–water partition coefficient (Wildman–Crippen LogP) is 2.74. The molecule has 0 saturated carbocycles. The third-order valence-corrected chi connectivity index (χ3v) is 2.57. The van der Waals surface area contributed by atoms with Crippen molar-refractivity contribution in [2.45, 2.75) is 6.61 Å². The molecule has 1 aromatic carbocycles. The number of hydrogen-bond acceptors (Lipinski definition) is 3. The van der Waals surface area contributed by atoms with Gasteiger partial charge in [-0.1, -0.05) is 11.2 Å². The smallest absolute Gasteiger partial charge is 0.162 e. The van der Waals surface area contributed by atoms with Gasteiger partial charge in [-0.05, 0) is 28.1 Å². The highest BCUT2D eigenvalue weighted by molar-refractivity contribution is 9.10. The lowest BCUT2D eigenvalue weighted by atomic mass is 10.1. The Balaban J connectivity index is 2.40. The molecular weight excluding hydrogens is 265 g/mol. The summed E-state index contributed by atoms with van der Waals surface area (Å²) in [5.74, 6) is -0.00521. The molecule has 0 spiro atoms. The van der Waals surface area contributed by atoms with Crippen molar-refractivity contribution in [2.24, 2.45) is 0 Å². The normalized spacial score (nSPS) is 10.6. The van der Waals surface area contributed by atoms with E-state index in [4.69, 9.17) is 9.63 Å². The Hall–Kier alpha value is -1.20. The monoisotopic (exact) mass is 271 g/mol. The van der Waals surface area contributed by atoms with Gasteiger partial charge in [0.15, 0.2) is 5.76 Å². The number of hydrogen-bond donors (Lipinski definition) is 1. The minimum Gasteiger partial charge on any atom is -0.388 e. The number of aliphatic hydroxyl groups excluding tert-OH is 1. The van der Waals surface area contributed by atoms with E-state index in [9.17, 15) is 4.39 Å². The van der Waals surface area contributed by atoms with E-state index in [-0.39, 0.29) is 12.4 Å². The number of nitrogens with zero attached hydrogens (tertiary/aromatic N) is 1. The van der Waals surface area contributed by atoms with Crippen LogP contribution < -0.4 is 0 Å². The van der Waals surface area contributed by atoms with Gasteiger partial charge in [0.1, 0.15) is 18.1 Å². The summed E-state index contributed by atoms with van der Waals surface area (Å²) < 4.78 is 18.4. The average Bonchev–Trinajstić information content (AvgIpc) is 2.70. The maximum atomic E-state index is 13.2. The lowest BCUT2D eigenvalue weighted by molar-refractivity contribution is 0.229. The van der Waals surface area contributed by atoms with Gasteiger partial charge in [0.25, 0.3) is 0 Å². The van der Waals surface area contributed by atoms with E-state index in [0.717, 1.165) is 0 Å². The van der Waals surface area contributed by atoms with Gasteiger partial charge in [-0.15, -0.1) is 0 Å². The Labute approximate surface area is 93.6 Å². The van der Waals surface area contributed by atoms with Crippen LogP contribution in [0.5, 0.6) is 0 Å². The van der Waals surface area contributed by atoms with E-state index in [1.807, 2.05) is 0 Å². The summed E-state index contributed by atoms with van der Waals surface area (Å²) in [6.07, 6.45) is 0. The molecule has 3 nitrogen and oxygen atoms in total. The van der Waals surface area contributed by atoms with Crippen molar-refractivity contribution >= 4 is 15.9 Å². The molecule has 0 unspecified atom stereocenters. The van der Waals surface area contributed by atoms with Crippen molar-refractivity contribution in [1.29, 1.82) is 0 Å². The SMILES string of the molecule is OCc1cc(-c2ccc(Br)c(F)c2)no1. The minimum absolute atomic E-state index is 0.216. The molecule has 2 aromatic rings. The second-order valence-corrected chi connectivity index (χ2v) is 3.82. The number of aromatic nitrogens is 1. The van der Waals surface area contributed by atoms with Gasteiger partial charge in [-0.3, -0.25) is 0 Å². The van der Waals surface area contributed by atoms with Crippen LogP contribution in [0.1, 0.15) is 5.76 Å². The first-order valence-corrected chi connectivity index (χ1v) is 5.02. The highest BCUT2D eigenvalue weighted by Crippen LogP contribution is 2.24. The first-order chi connectivity index (χ1) is 7.20. The van der Waals surface area contributed by atoms with Crippen LogP contribution in [-0.4, -0.2) is 10.3 Å². The van der Waals surface area contributed by atoms with Crippen molar-refractivity contribution < 1.29 is 14.0 Å². The van der Waals surface area contributed by atoms with Crippen LogP contribution in [0, 0.1) is 5.82 Å². The number of halogens is 2. The number of rotatable bonds is 2. The summed E-state index contributed by atoms with van der Waals surface area (Å²) in [7, 11) is 0. The molecule has 0 aliphatic carbocycles. The Morgan fingerprint density at radius 1 is 1.40 bits per heavy atom. The zero-order valence-electron chi connectivity index (χ0n) is 7.58. The van der Waals surface area contributed by atoms with Crippen LogP contribution >= 0.6 is 15.9 Å². The van der Waals surface area contributed by atoms with Gasteiger partial charge in [-0.2, -0.15) is 0 Å². The predicted molar refractivity (Wildman–Crippen MR) is 55.5 cm³/mol. The van der Waals surface area contributed by atoms with Crippen LogP contribution in [0.4, 0.5) is 4.39 Å². The zero-order chi connectivity index (χ0) is 10.8. The van der Waals surface area contributed by atoms with Crippen LogP contribution in [0.25, 0.3) is 11.3 Å². The molecule has 2 rings (SSSR count). The fourth-order valence-corrected chi connectivity index (χ4v) is 1.43. The van der Waals surface area contributed by atoms with Crippen LogP contribution in [-0.2, 0) is 6.61 Å². The zero-order valence-corrected chi connectivity index (χ0v) is 9.16. The van der Waals surface area contributed by atoms with Crippen molar-refractivity contribution in [3.05, 3.63) is 40.3 Å². The highest BCUT2D eigenvalue weighted by Gasteiger charge is 2.07. The summed E-state index contributed by atoms with van der Waals surface area (Å²) >= 11 is 3.06. The van der Waals surface area contributed by atoms with Crippen LogP contribution in [0.15, 0.2) is 33.3 Å². The molecule has 0 aliphatic rings. The van der Waals surface area contributed by atoms with E-state index in [1.165, 1.54) is 6.07 Å². The first kappa shape index (κ1) is 10.3. The van der Waals surface area contributed by atoms with Crippen molar-refractivity contribution in [2.75, 3.05) is 0 Å². The molecule has 1 aromatic heterocycles. The van der Waals surface area contributed by atoms with Crippen LogP contribution in [0.2, 0.25) is 0 Å². The van der Waals surface area contributed by atoms with Crippen molar-refractivity contribution in [3.63, 3.8) is 0 Å². The van der Waals surface area contributed by atoms with Crippen molar-refractivity contribution in [1.82, 2.24) is 5.16 Å². The number of aliphatic hydroxyl groups is 1. The first-order valence-electron chi connectivity index (χ1n) is 4.22. The van der Waals surface area contributed by atoms with Gasteiger partial charge in [0, 0.05) is 11.6 Å². The number of benzene rings is 1. The molecule has 0 bridgehead atoms. The fraction of sp³-hybridized carbons (Fsp3) is 0.100. The third-order valence-electron chi connectivity index (χ3n) is 1.93. The summed E-state index contributed by atoms with van der Waals surface area (Å²) in [6.45, 7) is -0.216. The molecule has 15 heavy (non-hydrogen) atoms. The molecule has 0 aliphatic heterocycles. The Morgan fingerprint density at radius 2 is 2.20 bits per heavy atom. The van der Waals surface area contributed by atoms with E-state index < -0.39 is 0 Å². The average molecular weight is 272 g/mol. The largest absolute Gasteiger partial charge is 0.388 e. The van der Waals surface area contributed by atoms with E-state index >= 15 is 0 Å². The molecule has 0 radical (unpaired) electrons. The van der Waals surface area contributed by atoms with Gasteiger partial charge >= 0.3 is 0 Å².